The lowest BCUT2D eigenvalue weighted by Crippen LogP contribution is -2.45. The van der Waals surface area contributed by atoms with E-state index < -0.39 is 35.9 Å². The Morgan fingerprint density at radius 2 is 1.75 bits per heavy atom. The van der Waals surface area contributed by atoms with Gasteiger partial charge in [-0.05, 0) is 56.2 Å². The van der Waals surface area contributed by atoms with E-state index in [-0.39, 0.29) is 13.0 Å². The highest BCUT2D eigenvalue weighted by molar-refractivity contribution is 5.89. The Hall–Kier alpha value is -3.79. The largest absolute Gasteiger partial charge is 0.490 e. The number of nitrogens with zero attached hydrogens (tertiary/aromatic N) is 1. The van der Waals surface area contributed by atoms with Gasteiger partial charge in [-0.1, -0.05) is 24.3 Å². The molecule has 1 fully saturated rings. The lowest BCUT2D eigenvalue weighted by Gasteiger charge is -2.22. The van der Waals surface area contributed by atoms with Crippen LogP contribution in [0.3, 0.4) is 0 Å². The number of alkyl carbamates (subject to hydrolysis) is 1. The third kappa shape index (κ3) is 7.61. The molecule has 1 aliphatic heterocycles. The number of methoxy groups -OCH3 is 1. The summed E-state index contributed by atoms with van der Waals surface area (Å²) in [6, 6.07) is 13.6. The van der Waals surface area contributed by atoms with E-state index in [4.69, 9.17) is 24.7 Å². The van der Waals surface area contributed by atoms with Gasteiger partial charge in [-0.2, -0.15) is 0 Å². The molecule has 10 heteroatoms. The van der Waals surface area contributed by atoms with Gasteiger partial charge in [0.15, 0.2) is 6.10 Å². The van der Waals surface area contributed by atoms with Crippen LogP contribution >= 0.6 is 0 Å². The van der Waals surface area contributed by atoms with Gasteiger partial charge in [0.05, 0.1) is 13.7 Å². The van der Waals surface area contributed by atoms with E-state index in [2.05, 4.69) is 5.32 Å². The van der Waals surface area contributed by atoms with Gasteiger partial charge in [-0.25, -0.2) is 14.4 Å². The summed E-state index contributed by atoms with van der Waals surface area (Å²) in [6.45, 7) is 6.21. The molecule has 0 spiro atoms. The van der Waals surface area contributed by atoms with Gasteiger partial charge in [0, 0.05) is 18.7 Å². The molecule has 10 nitrogen and oxygen atoms in total. The molecule has 2 aromatic rings. The average Bonchev–Trinajstić information content (AvgIpc) is 3.22. The highest BCUT2D eigenvalue weighted by atomic mass is 16.6. The number of amides is 2. The number of hydrogen-bond acceptors (Lipinski definition) is 8. The van der Waals surface area contributed by atoms with Crippen molar-refractivity contribution >= 4 is 23.8 Å². The summed E-state index contributed by atoms with van der Waals surface area (Å²) in [5, 5.41) is 2.55. The van der Waals surface area contributed by atoms with Crippen LogP contribution in [0.4, 0.5) is 15.3 Å². The topological polar surface area (TPSA) is 129 Å². The first-order chi connectivity index (χ1) is 17.1. The monoisotopic (exact) mass is 499 g/mol. The highest BCUT2D eigenvalue weighted by Gasteiger charge is 2.33. The van der Waals surface area contributed by atoms with Crippen LogP contribution in [0, 0.1) is 0 Å². The first kappa shape index (κ1) is 26.8. The second kappa shape index (κ2) is 11.8. The summed E-state index contributed by atoms with van der Waals surface area (Å²) in [4.78, 5) is 38.1. The number of carbonyl (C=O) groups is 3. The summed E-state index contributed by atoms with van der Waals surface area (Å²) in [7, 11) is 1.26. The standard InChI is InChI=1S/C26H33N3O7/c1-26(2,3)36-24(31)28-22(23(30)33-4)13-17-7-11-20(12-8-17)34-16-21-15-29(25(32)35-21)19-9-5-18(14-27)6-10-19/h5-12,21-22H,13-16,27H2,1-4H3,(H,28,31). The molecule has 2 aromatic carbocycles. The lowest BCUT2D eigenvalue weighted by atomic mass is 10.1. The van der Waals surface area contributed by atoms with Crippen molar-refractivity contribution in [1.82, 2.24) is 5.32 Å². The molecule has 0 aromatic heterocycles. The molecule has 2 atom stereocenters. The Labute approximate surface area is 210 Å². The first-order valence-electron chi connectivity index (χ1n) is 11.6. The maximum absolute atomic E-state index is 12.3. The number of nitrogens with two attached hydrogens (primary N) is 1. The zero-order valence-corrected chi connectivity index (χ0v) is 21.0. The fraction of sp³-hybridized carbons (Fsp3) is 0.423. The molecule has 36 heavy (non-hydrogen) atoms. The first-order valence-corrected chi connectivity index (χ1v) is 11.6. The van der Waals surface area contributed by atoms with Crippen LogP contribution in [0.15, 0.2) is 48.5 Å². The predicted molar refractivity (Wildman–Crippen MR) is 133 cm³/mol. The average molecular weight is 500 g/mol. The second-order valence-corrected chi connectivity index (χ2v) is 9.37. The maximum Gasteiger partial charge on any atom is 0.414 e. The molecule has 2 unspecified atom stereocenters. The summed E-state index contributed by atoms with van der Waals surface area (Å²) >= 11 is 0. The normalized spacial score (nSPS) is 16.2. The molecule has 3 N–H and O–H groups in total. The van der Waals surface area contributed by atoms with E-state index in [1.54, 1.807) is 49.9 Å². The molecule has 0 radical (unpaired) electrons. The maximum atomic E-state index is 12.3. The van der Waals surface area contributed by atoms with Crippen molar-refractivity contribution in [2.75, 3.05) is 25.2 Å². The van der Waals surface area contributed by atoms with E-state index in [9.17, 15) is 14.4 Å². The molecule has 0 bridgehead atoms. The van der Waals surface area contributed by atoms with Crippen molar-refractivity contribution in [2.24, 2.45) is 5.73 Å². The number of ether oxygens (including phenoxy) is 4. The molecule has 1 saturated heterocycles. The number of cyclic esters (lactones) is 1. The number of nitrogens with one attached hydrogen (secondary N) is 1. The van der Waals surface area contributed by atoms with E-state index in [1.165, 1.54) is 7.11 Å². The summed E-state index contributed by atoms with van der Waals surface area (Å²) in [5.74, 6) is 0.00160. The van der Waals surface area contributed by atoms with Crippen molar-refractivity contribution in [3.8, 4) is 5.75 Å². The molecule has 0 saturated carbocycles. The van der Waals surface area contributed by atoms with Crippen LogP contribution < -0.4 is 20.7 Å². The van der Waals surface area contributed by atoms with E-state index in [1.807, 2.05) is 24.3 Å². The number of hydrogen-bond donors (Lipinski definition) is 2. The van der Waals surface area contributed by atoms with Crippen LogP contribution in [0.5, 0.6) is 5.75 Å². The van der Waals surface area contributed by atoms with E-state index >= 15 is 0 Å². The predicted octanol–water partition coefficient (Wildman–Crippen LogP) is 3.16. The van der Waals surface area contributed by atoms with Crippen molar-refractivity contribution in [1.29, 1.82) is 0 Å². The summed E-state index contributed by atoms with van der Waals surface area (Å²) < 4.78 is 21.3. The van der Waals surface area contributed by atoms with Crippen LogP contribution in [0.1, 0.15) is 31.9 Å². The number of carbonyl (C=O) groups excluding carboxylic acids is 3. The van der Waals surface area contributed by atoms with Crippen molar-refractivity contribution in [3.05, 3.63) is 59.7 Å². The number of rotatable bonds is 9. The van der Waals surface area contributed by atoms with Crippen LogP contribution in [-0.2, 0) is 32.0 Å². The zero-order valence-electron chi connectivity index (χ0n) is 21.0. The number of esters is 1. The van der Waals surface area contributed by atoms with Gasteiger partial charge in [0.2, 0.25) is 0 Å². The third-order valence-corrected chi connectivity index (χ3v) is 5.33. The lowest BCUT2D eigenvalue weighted by molar-refractivity contribution is -0.143. The molecule has 3 rings (SSSR count). The number of benzene rings is 2. The van der Waals surface area contributed by atoms with Crippen LogP contribution in [0.2, 0.25) is 0 Å². The molecular formula is C26H33N3O7. The SMILES string of the molecule is COC(=O)C(Cc1ccc(OCC2CN(c3ccc(CN)cc3)C(=O)O2)cc1)NC(=O)OC(C)(C)C. The molecule has 0 aliphatic carbocycles. The van der Waals surface area contributed by atoms with E-state index in [0.717, 1.165) is 16.8 Å². The Morgan fingerprint density at radius 3 is 2.33 bits per heavy atom. The molecule has 194 valence electrons. The van der Waals surface area contributed by atoms with Gasteiger partial charge in [-0.3, -0.25) is 4.90 Å². The Bertz CT molecular complexity index is 1050. The van der Waals surface area contributed by atoms with Gasteiger partial charge in [0.25, 0.3) is 0 Å². The fourth-order valence-electron chi connectivity index (χ4n) is 3.56. The summed E-state index contributed by atoms with van der Waals surface area (Å²) in [6.07, 6.45) is -1.34. The Morgan fingerprint density at radius 1 is 1.11 bits per heavy atom. The van der Waals surface area contributed by atoms with Crippen molar-refractivity contribution < 1.29 is 33.3 Å². The third-order valence-electron chi connectivity index (χ3n) is 5.33. The fourth-order valence-corrected chi connectivity index (χ4v) is 3.56. The number of anilines is 1. The van der Waals surface area contributed by atoms with Crippen molar-refractivity contribution in [3.63, 3.8) is 0 Å². The molecule has 1 aliphatic rings. The minimum Gasteiger partial charge on any atom is -0.490 e. The highest BCUT2D eigenvalue weighted by Crippen LogP contribution is 2.23. The molecule has 1 heterocycles. The molecular weight excluding hydrogens is 466 g/mol. The van der Waals surface area contributed by atoms with Gasteiger partial charge < -0.3 is 30.0 Å². The summed E-state index contributed by atoms with van der Waals surface area (Å²) in [5.41, 5.74) is 7.44. The minimum absolute atomic E-state index is 0.188. The zero-order chi connectivity index (χ0) is 26.3. The Balaban J connectivity index is 1.53. The van der Waals surface area contributed by atoms with E-state index in [0.29, 0.717) is 18.8 Å². The van der Waals surface area contributed by atoms with Crippen molar-refractivity contribution in [2.45, 2.75) is 51.5 Å². The smallest absolute Gasteiger partial charge is 0.414 e. The van der Waals surface area contributed by atoms with Gasteiger partial charge in [-0.15, -0.1) is 0 Å². The van der Waals surface area contributed by atoms with Gasteiger partial charge >= 0.3 is 18.2 Å². The van der Waals surface area contributed by atoms with Gasteiger partial charge in [0.1, 0.15) is 24.0 Å². The second-order valence-electron chi connectivity index (χ2n) is 9.37. The van der Waals surface area contributed by atoms with Crippen LogP contribution in [0.25, 0.3) is 0 Å². The minimum atomic E-state index is -0.903. The molecule has 2 amide bonds. The quantitative estimate of drug-likeness (QED) is 0.398. The Kier molecular flexibility index (Phi) is 8.76. The van der Waals surface area contributed by atoms with Crippen LogP contribution in [-0.4, -0.2) is 56.2 Å².